The van der Waals surface area contributed by atoms with E-state index >= 15 is 4.39 Å². The van der Waals surface area contributed by atoms with Crippen molar-refractivity contribution >= 4 is 29.2 Å². The van der Waals surface area contributed by atoms with Gasteiger partial charge in [0.15, 0.2) is 11.5 Å². The minimum absolute atomic E-state index is 0.000913. The van der Waals surface area contributed by atoms with Crippen LogP contribution in [0.1, 0.15) is 19.8 Å². The van der Waals surface area contributed by atoms with Gasteiger partial charge in [-0.2, -0.15) is 0 Å². The van der Waals surface area contributed by atoms with Crippen molar-refractivity contribution in [3.8, 4) is 28.4 Å². The zero-order valence-corrected chi connectivity index (χ0v) is 21.6. The van der Waals surface area contributed by atoms with Gasteiger partial charge in [-0.25, -0.2) is 13.9 Å². The molecule has 37 heavy (non-hydrogen) atoms. The van der Waals surface area contributed by atoms with Crippen LogP contribution in [0.4, 0.5) is 4.39 Å². The van der Waals surface area contributed by atoms with Crippen LogP contribution >= 0.6 is 23.2 Å². The maximum absolute atomic E-state index is 15.0. The summed E-state index contributed by atoms with van der Waals surface area (Å²) in [6.45, 7) is 6.53. The molecular formula is C27H25Cl2FN2O5. The highest BCUT2D eigenvalue weighted by Crippen LogP contribution is 2.40. The van der Waals surface area contributed by atoms with Crippen LogP contribution in [-0.4, -0.2) is 28.5 Å². The van der Waals surface area contributed by atoms with Gasteiger partial charge in [-0.3, -0.25) is 9.48 Å². The van der Waals surface area contributed by atoms with Gasteiger partial charge in [-0.05, 0) is 49.6 Å². The third kappa shape index (κ3) is 5.92. The van der Waals surface area contributed by atoms with E-state index in [9.17, 15) is 9.59 Å². The van der Waals surface area contributed by atoms with E-state index in [1.807, 2.05) is 0 Å². The molecule has 0 saturated carbocycles. The van der Waals surface area contributed by atoms with Crippen molar-refractivity contribution in [2.24, 2.45) is 0 Å². The quantitative estimate of drug-likeness (QED) is 0.176. The fourth-order valence-corrected chi connectivity index (χ4v) is 4.49. The van der Waals surface area contributed by atoms with E-state index < -0.39 is 11.8 Å². The molecule has 0 atom stereocenters. The molecule has 0 radical (unpaired) electrons. The number of halogens is 3. The lowest BCUT2D eigenvalue weighted by atomic mass is 10.1. The number of carbonyl (C=O) groups is 1. The van der Waals surface area contributed by atoms with E-state index in [0.717, 1.165) is 18.9 Å². The van der Waals surface area contributed by atoms with E-state index in [1.54, 1.807) is 35.9 Å². The Bertz CT molecular complexity index is 1430. The molecule has 1 aromatic heterocycles. The summed E-state index contributed by atoms with van der Waals surface area (Å²) in [4.78, 5) is 24.8. The fourth-order valence-electron chi connectivity index (χ4n) is 3.94. The minimum atomic E-state index is -0.687. The first-order chi connectivity index (χ1) is 17.8. The van der Waals surface area contributed by atoms with E-state index in [0.29, 0.717) is 30.2 Å². The Morgan fingerprint density at radius 2 is 1.81 bits per heavy atom. The van der Waals surface area contributed by atoms with Crippen LogP contribution in [-0.2, 0) is 22.6 Å². The highest BCUT2D eigenvalue weighted by atomic mass is 35.5. The largest absolute Gasteiger partial charge is 0.485 e. The molecule has 2 heterocycles. The van der Waals surface area contributed by atoms with Crippen molar-refractivity contribution < 1.29 is 23.4 Å². The number of esters is 1. The number of rotatable bonds is 9. The number of carbonyl (C=O) groups excluding carboxylic acids is 1. The third-order valence-corrected chi connectivity index (χ3v) is 6.36. The van der Waals surface area contributed by atoms with E-state index in [1.165, 1.54) is 22.9 Å². The smallest absolute Gasteiger partial charge is 0.331 e. The van der Waals surface area contributed by atoms with Gasteiger partial charge in [-0.1, -0.05) is 48.0 Å². The first-order valence-electron chi connectivity index (χ1n) is 11.6. The van der Waals surface area contributed by atoms with Crippen LogP contribution in [0.25, 0.3) is 11.1 Å². The topological polar surface area (TPSA) is 71.7 Å². The SMILES string of the molecule is C=CCOC(=O)/C=C(/C)COc1ccccc1Oc1cc(-c2c(Cl)n3n(c2=O)CCCC3)c(F)cc1Cl. The van der Waals surface area contributed by atoms with Gasteiger partial charge in [-0.15, -0.1) is 0 Å². The predicted molar refractivity (Wildman–Crippen MR) is 140 cm³/mol. The van der Waals surface area contributed by atoms with Gasteiger partial charge in [0.05, 0.1) is 10.6 Å². The van der Waals surface area contributed by atoms with E-state index in [2.05, 4.69) is 6.58 Å². The first kappa shape index (κ1) is 26.6. The molecule has 1 aliphatic heterocycles. The summed E-state index contributed by atoms with van der Waals surface area (Å²) in [6, 6.07) is 9.29. The number of fused-ring (bicyclic) bond motifs is 1. The summed E-state index contributed by atoms with van der Waals surface area (Å²) in [7, 11) is 0. The van der Waals surface area contributed by atoms with Crippen molar-refractivity contribution in [2.75, 3.05) is 13.2 Å². The molecule has 194 valence electrons. The number of hydrogen-bond donors (Lipinski definition) is 0. The number of nitrogens with zero attached hydrogens (tertiary/aromatic N) is 2. The van der Waals surface area contributed by atoms with Crippen LogP contribution in [0.3, 0.4) is 0 Å². The monoisotopic (exact) mass is 546 g/mol. The lowest BCUT2D eigenvalue weighted by Gasteiger charge is -2.17. The Morgan fingerprint density at radius 3 is 2.51 bits per heavy atom. The Hall–Kier alpha value is -3.49. The third-order valence-electron chi connectivity index (χ3n) is 5.69. The second kappa shape index (κ2) is 11.7. The van der Waals surface area contributed by atoms with Crippen LogP contribution in [0.5, 0.6) is 17.2 Å². The summed E-state index contributed by atoms with van der Waals surface area (Å²) >= 11 is 12.8. The van der Waals surface area contributed by atoms with Crippen molar-refractivity contribution in [3.05, 3.63) is 87.0 Å². The van der Waals surface area contributed by atoms with Crippen molar-refractivity contribution in [2.45, 2.75) is 32.9 Å². The van der Waals surface area contributed by atoms with Crippen molar-refractivity contribution in [1.82, 2.24) is 9.36 Å². The molecule has 10 heteroatoms. The summed E-state index contributed by atoms with van der Waals surface area (Å²) in [5, 5.41) is 0.187. The van der Waals surface area contributed by atoms with Crippen LogP contribution < -0.4 is 15.0 Å². The van der Waals surface area contributed by atoms with Crippen molar-refractivity contribution in [3.63, 3.8) is 0 Å². The Labute approximate surface area is 223 Å². The second-order valence-corrected chi connectivity index (χ2v) is 9.20. The zero-order valence-electron chi connectivity index (χ0n) is 20.1. The zero-order chi connectivity index (χ0) is 26.5. The van der Waals surface area contributed by atoms with Gasteiger partial charge in [0.1, 0.15) is 29.9 Å². The molecule has 4 rings (SSSR count). The van der Waals surface area contributed by atoms with Gasteiger partial charge in [0.2, 0.25) is 0 Å². The molecule has 7 nitrogen and oxygen atoms in total. The summed E-state index contributed by atoms with van der Waals surface area (Å²) in [5.74, 6) is -0.386. The molecule has 0 saturated heterocycles. The predicted octanol–water partition coefficient (Wildman–Crippen LogP) is 6.40. The normalized spacial score (nSPS) is 13.1. The Balaban J connectivity index is 1.60. The standard InChI is InChI=1S/C27H25Cl2FN2O5/c1-3-12-35-24(33)13-17(2)16-36-21-8-4-5-9-22(21)37-23-14-18(20(30)15-19(23)28)25-26(29)31-10-6-7-11-32(31)27(25)34/h3-5,8-9,13-15H,1,6-7,10-12,16H2,2H3/b17-13-. The minimum Gasteiger partial charge on any atom is -0.485 e. The maximum Gasteiger partial charge on any atom is 0.331 e. The second-order valence-electron chi connectivity index (χ2n) is 8.43. The molecule has 0 N–H and O–H groups in total. The molecule has 0 bridgehead atoms. The van der Waals surface area contributed by atoms with Gasteiger partial charge in [0.25, 0.3) is 5.56 Å². The van der Waals surface area contributed by atoms with Crippen LogP contribution in [0, 0.1) is 5.82 Å². The van der Waals surface area contributed by atoms with Crippen LogP contribution in [0.15, 0.2) is 65.5 Å². The van der Waals surface area contributed by atoms with Gasteiger partial charge >= 0.3 is 5.97 Å². The average molecular weight is 547 g/mol. The van der Waals surface area contributed by atoms with Crippen molar-refractivity contribution in [1.29, 1.82) is 0 Å². The highest BCUT2D eigenvalue weighted by molar-refractivity contribution is 6.33. The number of ether oxygens (including phenoxy) is 3. The Kier molecular flexibility index (Phi) is 8.41. The number of aromatic nitrogens is 2. The number of benzene rings is 2. The molecule has 0 spiro atoms. The summed E-state index contributed by atoms with van der Waals surface area (Å²) < 4.78 is 35.0. The van der Waals surface area contributed by atoms with E-state index in [-0.39, 0.29) is 45.8 Å². The number of para-hydroxylation sites is 2. The molecule has 2 aromatic carbocycles. The number of hydrogen-bond acceptors (Lipinski definition) is 5. The Morgan fingerprint density at radius 1 is 1.11 bits per heavy atom. The highest BCUT2D eigenvalue weighted by Gasteiger charge is 2.25. The summed E-state index contributed by atoms with van der Waals surface area (Å²) in [6.07, 6.45) is 4.54. The molecule has 3 aromatic rings. The van der Waals surface area contributed by atoms with E-state index in [4.69, 9.17) is 37.4 Å². The maximum atomic E-state index is 15.0. The molecule has 0 fully saturated rings. The molecule has 0 unspecified atom stereocenters. The first-order valence-corrected chi connectivity index (χ1v) is 12.4. The van der Waals surface area contributed by atoms with Crippen LogP contribution in [0.2, 0.25) is 10.2 Å². The lowest BCUT2D eigenvalue weighted by molar-refractivity contribution is -0.136. The molecule has 0 aliphatic carbocycles. The average Bonchev–Trinajstić information content (AvgIpc) is 3.13. The molecule has 0 amide bonds. The van der Waals surface area contributed by atoms with Gasteiger partial charge < -0.3 is 14.2 Å². The summed E-state index contributed by atoms with van der Waals surface area (Å²) in [5.41, 5.74) is 0.323. The lowest BCUT2D eigenvalue weighted by Crippen LogP contribution is -2.27. The molecule has 1 aliphatic rings. The molecular weight excluding hydrogens is 522 g/mol. The fraction of sp³-hybridized carbons (Fsp3) is 0.259. The van der Waals surface area contributed by atoms with Gasteiger partial charge in [0, 0.05) is 24.7 Å².